The van der Waals surface area contributed by atoms with Gasteiger partial charge in [-0.3, -0.25) is 9.59 Å². The Hall–Kier alpha value is -2.28. The second kappa shape index (κ2) is 9.03. The third kappa shape index (κ3) is 4.66. The van der Waals surface area contributed by atoms with Crippen LogP contribution in [0.1, 0.15) is 48.9 Å². The molecule has 0 radical (unpaired) electrons. The summed E-state index contributed by atoms with van der Waals surface area (Å²) in [5.41, 5.74) is 0.470. The zero-order chi connectivity index (χ0) is 20.2. The highest BCUT2D eigenvalue weighted by atomic mass is 16.5. The van der Waals surface area contributed by atoms with E-state index in [9.17, 15) is 9.59 Å². The molecule has 1 saturated carbocycles. The lowest BCUT2D eigenvalue weighted by Crippen LogP contribution is -2.50. The Balaban J connectivity index is 1.44. The zero-order valence-corrected chi connectivity index (χ0v) is 17.2. The molecule has 2 amide bonds. The molecule has 2 heterocycles. The van der Waals surface area contributed by atoms with Gasteiger partial charge in [0.25, 0.3) is 5.91 Å². The van der Waals surface area contributed by atoms with Gasteiger partial charge in [-0.05, 0) is 43.9 Å². The van der Waals surface area contributed by atoms with Crippen LogP contribution in [0.3, 0.4) is 0 Å². The number of hydrogen-bond donors (Lipinski definition) is 1. The Kier molecular flexibility index (Phi) is 6.23. The fourth-order valence-corrected chi connectivity index (χ4v) is 4.70. The molecule has 0 spiro atoms. The van der Waals surface area contributed by atoms with Crippen LogP contribution in [0.5, 0.6) is 11.5 Å². The summed E-state index contributed by atoms with van der Waals surface area (Å²) in [6, 6.07) is 6.11. The van der Waals surface area contributed by atoms with Crippen molar-refractivity contribution < 1.29 is 19.1 Å². The highest BCUT2D eigenvalue weighted by Gasteiger charge is 2.30. The number of benzene rings is 1. The molecule has 0 bridgehead atoms. The van der Waals surface area contributed by atoms with Gasteiger partial charge in [0.2, 0.25) is 5.91 Å². The fourth-order valence-electron chi connectivity index (χ4n) is 4.70. The number of methoxy groups -OCH3 is 1. The van der Waals surface area contributed by atoms with E-state index >= 15 is 0 Å². The summed E-state index contributed by atoms with van der Waals surface area (Å²) >= 11 is 0. The van der Waals surface area contributed by atoms with E-state index in [0.29, 0.717) is 30.2 Å². The molecule has 7 nitrogen and oxygen atoms in total. The van der Waals surface area contributed by atoms with Gasteiger partial charge >= 0.3 is 0 Å². The number of ether oxygens (including phenoxy) is 2. The number of likely N-dealkylation sites (tertiary alicyclic amines) is 1. The average Bonchev–Trinajstić information content (AvgIpc) is 3.29. The van der Waals surface area contributed by atoms with Gasteiger partial charge in [-0.1, -0.05) is 12.8 Å². The third-order valence-corrected chi connectivity index (χ3v) is 6.35. The normalized spacial score (nSPS) is 21.8. The molecule has 1 N–H and O–H groups in total. The fraction of sp³-hybridized carbons (Fsp3) is 0.636. The number of carbonyl (C=O) groups is 2. The number of amides is 2. The highest BCUT2D eigenvalue weighted by Crippen LogP contribution is 2.30. The van der Waals surface area contributed by atoms with Crippen LogP contribution in [0, 0.1) is 0 Å². The summed E-state index contributed by atoms with van der Waals surface area (Å²) in [6.07, 6.45) is 7.42. The van der Waals surface area contributed by atoms with Gasteiger partial charge in [0.15, 0.2) is 0 Å². The van der Waals surface area contributed by atoms with Crippen molar-refractivity contribution >= 4 is 11.8 Å². The maximum atomic E-state index is 13.1. The van der Waals surface area contributed by atoms with Gasteiger partial charge in [-0.2, -0.15) is 0 Å². The predicted octanol–water partition coefficient (Wildman–Crippen LogP) is 2.05. The van der Waals surface area contributed by atoms with Gasteiger partial charge in [0.05, 0.1) is 19.2 Å². The largest absolute Gasteiger partial charge is 0.497 e. The molecule has 3 aliphatic rings. The number of nitrogens with one attached hydrogen (secondary N) is 1. The van der Waals surface area contributed by atoms with E-state index in [0.717, 1.165) is 32.0 Å². The molecule has 2 aliphatic heterocycles. The van der Waals surface area contributed by atoms with Crippen LogP contribution in [0.25, 0.3) is 0 Å². The van der Waals surface area contributed by atoms with Crippen molar-refractivity contribution in [3.8, 4) is 11.5 Å². The van der Waals surface area contributed by atoms with Gasteiger partial charge in [0.1, 0.15) is 17.6 Å². The summed E-state index contributed by atoms with van der Waals surface area (Å²) in [7, 11) is 1.58. The maximum Gasteiger partial charge on any atom is 0.258 e. The SMILES string of the molecule is COc1ccc(OC2CCN(C3CCCC3)CC2)c(C(=O)N2CCNC(=O)C2)c1. The van der Waals surface area contributed by atoms with Crippen molar-refractivity contribution in [3.63, 3.8) is 0 Å². The first kappa shape index (κ1) is 20.0. The first-order valence-electron chi connectivity index (χ1n) is 10.8. The molecule has 1 aromatic carbocycles. The van der Waals surface area contributed by atoms with Crippen LogP contribution in [0.2, 0.25) is 0 Å². The molecule has 1 aliphatic carbocycles. The molecule has 0 unspecified atom stereocenters. The molecule has 7 heteroatoms. The molecule has 158 valence electrons. The summed E-state index contributed by atoms with van der Waals surface area (Å²) < 4.78 is 11.6. The standard InChI is InChI=1S/C22H31N3O4/c1-28-18-6-7-20(19(14-18)22(27)25-13-10-23-21(26)15-25)29-17-8-11-24(12-9-17)16-4-2-3-5-16/h6-7,14,16-17H,2-5,8-13,15H2,1H3,(H,23,26). The second-order valence-electron chi connectivity index (χ2n) is 8.23. The number of rotatable bonds is 5. The van der Waals surface area contributed by atoms with Crippen LogP contribution in [0.4, 0.5) is 0 Å². The van der Waals surface area contributed by atoms with Crippen molar-refractivity contribution in [2.75, 3.05) is 39.8 Å². The molecule has 0 aromatic heterocycles. The average molecular weight is 402 g/mol. The number of nitrogens with zero attached hydrogens (tertiary/aromatic N) is 2. The van der Waals surface area contributed by atoms with Gasteiger partial charge < -0.3 is 24.6 Å². The van der Waals surface area contributed by atoms with Gasteiger partial charge in [0, 0.05) is 32.2 Å². The zero-order valence-electron chi connectivity index (χ0n) is 17.2. The molecular formula is C22H31N3O4. The minimum Gasteiger partial charge on any atom is -0.497 e. The van der Waals surface area contributed by atoms with Crippen molar-refractivity contribution in [2.24, 2.45) is 0 Å². The lowest BCUT2D eigenvalue weighted by atomic mass is 10.0. The Morgan fingerprint density at radius 1 is 1.10 bits per heavy atom. The molecule has 29 heavy (non-hydrogen) atoms. The molecular weight excluding hydrogens is 370 g/mol. The second-order valence-corrected chi connectivity index (χ2v) is 8.23. The summed E-state index contributed by atoms with van der Waals surface area (Å²) in [6.45, 7) is 3.17. The quantitative estimate of drug-likeness (QED) is 0.818. The van der Waals surface area contributed by atoms with Gasteiger partial charge in [-0.25, -0.2) is 0 Å². The number of piperidine rings is 1. The van der Waals surface area contributed by atoms with E-state index in [1.54, 1.807) is 18.1 Å². The molecule has 0 atom stereocenters. The van der Waals surface area contributed by atoms with Crippen molar-refractivity contribution in [1.82, 2.24) is 15.1 Å². The van der Waals surface area contributed by atoms with Gasteiger partial charge in [-0.15, -0.1) is 0 Å². The predicted molar refractivity (Wildman–Crippen MR) is 109 cm³/mol. The Bertz CT molecular complexity index is 740. The lowest BCUT2D eigenvalue weighted by Gasteiger charge is -2.36. The summed E-state index contributed by atoms with van der Waals surface area (Å²) in [5, 5.41) is 2.75. The number of hydrogen-bond acceptors (Lipinski definition) is 5. The third-order valence-electron chi connectivity index (χ3n) is 6.35. The molecule has 1 aromatic rings. The first-order chi connectivity index (χ1) is 14.1. The monoisotopic (exact) mass is 401 g/mol. The van der Waals surface area contributed by atoms with E-state index in [1.807, 2.05) is 12.1 Å². The Morgan fingerprint density at radius 3 is 2.55 bits per heavy atom. The van der Waals surface area contributed by atoms with Crippen LogP contribution in [-0.4, -0.2) is 73.6 Å². The Labute approximate surface area is 172 Å². The van der Waals surface area contributed by atoms with Crippen molar-refractivity contribution in [2.45, 2.75) is 50.7 Å². The van der Waals surface area contributed by atoms with E-state index in [1.165, 1.54) is 25.7 Å². The van der Waals surface area contributed by atoms with Crippen molar-refractivity contribution in [1.29, 1.82) is 0 Å². The van der Waals surface area contributed by atoms with Crippen LogP contribution in [0.15, 0.2) is 18.2 Å². The van der Waals surface area contributed by atoms with Crippen LogP contribution in [-0.2, 0) is 4.79 Å². The number of carbonyl (C=O) groups excluding carboxylic acids is 2. The maximum absolute atomic E-state index is 13.1. The van der Waals surface area contributed by atoms with Crippen LogP contribution >= 0.6 is 0 Å². The minimum atomic E-state index is -0.183. The summed E-state index contributed by atoms with van der Waals surface area (Å²) in [5.74, 6) is 0.880. The van der Waals surface area contributed by atoms with Crippen LogP contribution < -0.4 is 14.8 Å². The van der Waals surface area contributed by atoms with E-state index < -0.39 is 0 Å². The lowest BCUT2D eigenvalue weighted by molar-refractivity contribution is -0.123. The number of piperazine rings is 1. The Morgan fingerprint density at radius 2 is 1.86 bits per heavy atom. The van der Waals surface area contributed by atoms with E-state index in [4.69, 9.17) is 9.47 Å². The van der Waals surface area contributed by atoms with E-state index in [-0.39, 0.29) is 24.5 Å². The first-order valence-corrected chi connectivity index (χ1v) is 10.8. The molecule has 3 fully saturated rings. The molecule has 4 rings (SSSR count). The highest BCUT2D eigenvalue weighted by molar-refractivity contribution is 5.99. The molecule has 2 saturated heterocycles. The minimum absolute atomic E-state index is 0.0786. The van der Waals surface area contributed by atoms with Crippen molar-refractivity contribution in [3.05, 3.63) is 23.8 Å². The topological polar surface area (TPSA) is 71.1 Å². The van der Waals surface area contributed by atoms with E-state index in [2.05, 4.69) is 10.2 Å². The smallest absolute Gasteiger partial charge is 0.258 e. The summed E-state index contributed by atoms with van der Waals surface area (Å²) in [4.78, 5) is 29.0.